The van der Waals surface area contributed by atoms with Gasteiger partial charge in [0.2, 0.25) is 0 Å². The molecule has 0 bridgehead atoms. The van der Waals surface area contributed by atoms with E-state index in [1.54, 1.807) is 12.1 Å². The van der Waals surface area contributed by atoms with Crippen LogP contribution in [0.15, 0.2) is 54.6 Å². The van der Waals surface area contributed by atoms with Crippen molar-refractivity contribution >= 4 is 16.6 Å². The molecule has 1 heterocycles. The zero-order chi connectivity index (χ0) is 14.8. The van der Waals surface area contributed by atoms with Crippen LogP contribution in [0.4, 0.5) is 5.69 Å². The summed E-state index contributed by atoms with van der Waals surface area (Å²) in [6, 6.07) is 17.7. The van der Waals surface area contributed by atoms with E-state index < -0.39 is 0 Å². The van der Waals surface area contributed by atoms with Crippen molar-refractivity contribution in [1.82, 2.24) is 4.98 Å². The molecule has 0 saturated heterocycles. The quantitative estimate of drug-likeness (QED) is 0.784. The lowest BCUT2D eigenvalue weighted by Crippen LogP contribution is -2.15. The average Bonchev–Trinajstić information content (AvgIpc) is 2.53. The fraction of sp³-hybridized carbons (Fsp3) is 0.167. The summed E-state index contributed by atoms with van der Waals surface area (Å²) in [5, 5.41) is 10.6. The van der Waals surface area contributed by atoms with Crippen LogP contribution < -0.4 is 4.90 Å². The van der Waals surface area contributed by atoms with E-state index in [-0.39, 0.29) is 5.75 Å². The monoisotopic (exact) mass is 278 g/mol. The Morgan fingerprint density at radius 2 is 1.71 bits per heavy atom. The van der Waals surface area contributed by atoms with Gasteiger partial charge in [-0.25, -0.2) is 4.98 Å². The Bertz CT molecular complexity index is 766. The summed E-state index contributed by atoms with van der Waals surface area (Å²) in [6.07, 6.45) is 0. The molecule has 0 aliphatic heterocycles. The van der Waals surface area contributed by atoms with Crippen LogP contribution in [0.3, 0.4) is 0 Å². The number of pyridine rings is 1. The Balaban J connectivity index is 1.99. The molecule has 0 unspecified atom stereocenters. The SMILES string of the molecule is CCN(C)c1ccc(-c2ccc3ccc(O)cc3n2)cc1. The molecule has 0 atom stereocenters. The van der Waals surface area contributed by atoms with Crippen molar-refractivity contribution < 1.29 is 5.11 Å². The van der Waals surface area contributed by atoms with Crippen LogP contribution in [0.25, 0.3) is 22.2 Å². The van der Waals surface area contributed by atoms with Gasteiger partial charge in [0.1, 0.15) is 5.75 Å². The molecule has 0 aliphatic rings. The molecule has 3 aromatic rings. The Morgan fingerprint density at radius 3 is 2.43 bits per heavy atom. The molecule has 3 heteroatoms. The molecule has 1 N–H and O–H groups in total. The first-order chi connectivity index (χ1) is 10.2. The number of phenols is 1. The van der Waals surface area contributed by atoms with Crippen molar-refractivity contribution in [1.29, 1.82) is 0 Å². The lowest BCUT2D eigenvalue weighted by Gasteiger charge is -2.16. The number of nitrogens with zero attached hydrogens (tertiary/aromatic N) is 2. The largest absolute Gasteiger partial charge is 0.508 e. The van der Waals surface area contributed by atoms with Crippen molar-refractivity contribution in [3.63, 3.8) is 0 Å². The number of fused-ring (bicyclic) bond motifs is 1. The minimum Gasteiger partial charge on any atom is -0.508 e. The van der Waals surface area contributed by atoms with Crippen molar-refractivity contribution in [2.45, 2.75) is 6.92 Å². The van der Waals surface area contributed by atoms with Crippen LogP contribution >= 0.6 is 0 Å². The van der Waals surface area contributed by atoms with Gasteiger partial charge in [-0.15, -0.1) is 0 Å². The van der Waals surface area contributed by atoms with Crippen LogP contribution in [0.2, 0.25) is 0 Å². The van der Waals surface area contributed by atoms with Gasteiger partial charge in [-0.05, 0) is 37.3 Å². The van der Waals surface area contributed by atoms with Gasteiger partial charge in [-0.2, -0.15) is 0 Å². The topological polar surface area (TPSA) is 36.4 Å². The Kier molecular flexibility index (Phi) is 3.48. The predicted octanol–water partition coefficient (Wildman–Crippen LogP) is 4.06. The lowest BCUT2D eigenvalue weighted by molar-refractivity contribution is 0.476. The maximum absolute atomic E-state index is 9.57. The summed E-state index contributed by atoms with van der Waals surface area (Å²) < 4.78 is 0. The number of hydrogen-bond acceptors (Lipinski definition) is 3. The maximum Gasteiger partial charge on any atom is 0.117 e. The van der Waals surface area contributed by atoms with Gasteiger partial charge >= 0.3 is 0 Å². The molecule has 21 heavy (non-hydrogen) atoms. The van der Waals surface area contributed by atoms with Crippen LogP contribution in [0.5, 0.6) is 5.75 Å². The summed E-state index contributed by atoms with van der Waals surface area (Å²) in [5.74, 6) is 0.243. The molecule has 0 aliphatic carbocycles. The summed E-state index contributed by atoms with van der Waals surface area (Å²) >= 11 is 0. The van der Waals surface area contributed by atoms with Gasteiger partial charge in [0, 0.05) is 36.3 Å². The molecular weight excluding hydrogens is 260 g/mol. The van der Waals surface area contributed by atoms with E-state index in [2.05, 4.69) is 48.1 Å². The zero-order valence-corrected chi connectivity index (χ0v) is 12.2. The lowest BCUT2D eigenvalue weighted by atomic mass is 10.1. The molecule has 0 fully saturated rings. The van der Waals surface area contributed by atoms with Gasteiger partial charge in [0.15, 0.2) is 0 Å². The maximum atomic E-state index is 9.57. The van der Waals surface area contributed by atoms with Crippen molar-refractivity contribution in [2.75, 3.05) is 18.5 Å². The highest BCUT2D eigenvalue weighted by Gasteiger charge is 2.04. The average molecular weight is 278 g/mol. The second kappa shape index (κ2) is 5.44. The van der Waals surface area contributed by atoms with E-state index >= 15 is 0 Å². The van der Waals surface area contributed by atoms with E-state index in [4.69, 9.17) is 0 Å². The fourth-order valence-electron chi connectivity index (χ4n) is 2.34. The first-order valence-corrected chi connectivity index (χ1v) is 7.09. The second-order valence-electron chi connectivity index (χ2n) is 5.13. The summed E-state index contributed by atoms with van der Waals surface area (Å²) in [7, 11) is 2.08. The molecule has 0 radical (unpaired) electrons. The minimum absolute atomic E-state index is 0.243. The second-order valence-corrected chi connectivity index (χ2v) is 5.13. The molecule has 2 aromatic carbocycles. The molecule has 3 nitrogen and oxygen atoms in total. The van der Waals surface area contributed by atoms with Crippen LogP contribution in [0.1, 0.15) is 6.92 Å². The molecule has 3 rings (SSSR count). The number of aromatic hydroxyl groups is 1. The molecule has 0 amide bonds. The smallest absolute Gasteiger partial charge is 0.117 e. The van der Waals surface area contributed by atoms with E-state index in [9.17, 15) is 5.11 Å². The van der Waals surface area contributed by atoms with E-state index in [0.29, 0.717) is 0 Å². The third kappa shape index (κ3) is 2.68. The standard InChI is InChI=1S/C18H18N2O/c1-3-20(2)15-8-4-13(5-9-15)17-11-7-14-6-10-16(21)12-18(14)19-17/h4-12,21H,3H2,1-2H3. The number of aromatic nitrogens is 1. The molecule has 0 spiro atoms. The number of anilines is 1. The van der Waals surface area contributed by atoms with E-state index in [0.717, 1.165) is 28.7 Å². The molecule has 1 aromatic heterocycles. The summed E-state index contributed by atoms with van der Waals surface area (Å²) in [5.41, 5.74) is 3.99. The van der Waals surface area contributed by atoms with Crippen LogP contribution in [-0.2, 0) is 0 Å². The minimum atomic E-state index is 0.243. The number of phenolic OH excluding ortho intramolecular Hbond substituents is 1. The highest BCUT2D eigenvalue weighted by atomic mass is 16.3. The van der Waals surface area contributed by atoms with Gasteiger partial charge in [0.05, 0.1) is 11.2 Å². The third-order valence-corrected chi connectivity index (χ3v) is 3.75. The Morgan fingerprint density at radius 1 is 1.00 bits per heavy atom. The van der Waals surface area contributed by atoms with Crippen molar-refractivity contribution in [3.8, 4) is 17.0 Å². The fourth-order valence-corrected chi connectivity index (χ4v) is 2.34. The summed E-state index contributed by atoms with van der Waals surface area (Å²) in [6.45, 7) is 3.11. The van der Waals surface area contributed by atoms with Gasteiger partial charge in [0.25, 0.3) is 0 Å². The molecule has 0 saturated carbocycles. The van der Waals surface area contributed by atoms with Crippen LogP contribution in [0, 0.1) is 0 Å². The van der Waals surface area contributed by atoms with Crippen molar-refractivity contribution in [3.05, 3.63) is 54.6 Å². The van der Waals surface area contributed by atoms with E-state index in [1.165, 1.54) is 5.69 Å². The van der Waals surface area contributed by atoms with Crippen LogP contribution in [-0.4, -0.2) is 23.7 Å². The zero-order valence-electron chi connectivity index (χ0n) is 12.2. The number of hydrogen-bond donors (Lipinski definition) is 1. The number of benzene rings is 2. The number of rotatable bonds is 3. The predicted molar refractivity (Wildman–Crippen MR) is 87.8 cm³/mol. The molecular formula is C18H18N2O. The third-order valence-electron chi connectivity index (χ3n) is 3.75. The van der Waals surface area contributed by atoms with Gasteiger partial charge < -0.3 is 10.0 Å². The van der Waals surface area contributed by atoms with Gasteiger partial charge in [-0.1, -0.05) is 18.2 Å². The normalized spacial score (nSPS) is 10.8. The Hall–Kier alpha value is -2.55. The molecule has 106 valence electrons. The van der Waals surface area contributed by atoms with E-state index in [1.807, 2.05) is 18.2 Å². The van der Waals surface area contributed by atoms with Gasteiger partial charge in [-0.3, -0.25) is 0 Å². The highest BCUT2D eigenvalue weighted by Crippen LogP contribution is 2.25. The first kappa shape index (κ1) is 13.4. The van der Waals surface area contributed by atoms with Crippen molar-refractivity contribution in [2.24, 2.45) is 0 Å². The highest BCUT2D eigenvalue weighted by molar-refractivity contribution is 5.82. The Labute approximate surface area is 124 Å². The first-order valence-electron chi connectivity index (χ1n) is 7.09. The summed E-state index contributed by atoms with van der Waals surface area (Å²) in [4.78, 5) is 6.82.